The second-order valence-electron chi connectivity index (χ2n) is 3.21. The number of aromatic amines is 1. The van der Waals surface area contributed by atoms with E-state index in [0.717, 1.165) is 11.4 Å². The molecule has 2 rings (SSSR count). The van der Waals surface area contributed by atoms with E-state index < -0.39 is 6.10 Å². The van der Waals surface area contributed by atoms with E-state index in [4.69, 9.17) is 0 Å². The molecule has 0 aliphatic rings. The van der Waals surface area contributed by atoms with Crippen LogP contribution in [0.3, 0.4) is 0 Å². The molecule has 2 N–H and O–H groups in total. The summed E-state index contributed by atoms with van der Waals surface area (Å²) in [5.74, 6) is 0.860. The topological polar surface area (TPSA) is 66.7 Å². The standard InChI is InChI=1S/C9H12N4O/c1-13-3-2-10-9(13)4-8(14)7-5-11-12-6-7/h2-3,5-6,8,14H,4H2,1H3,(H,11,12). The first-order valence-electron chi connectivity index (χ1n) is 4.40. The molecule has 1 atom stereocenters. The summed E-state index contributed by atoms with van der Waals surface area (Å²) in [6.07, 6.45) is 6.84. The molecule has 2 aromatic heterocycles. The van der Waals surface area contributed by atoms with Crippen LogP contribution < -0.4 is 0 Å². The largest absolute Gasteiger partial charge is 0.388 e. The molecule has 0 aromatic carbocycles. The minimum absolute atomic E-state index is 0.503. The van der Waals surface area contributed by atoms with Crippen LogP contribution in [0.1, 0.15) is 17.5 Å². The van der Waals surface area contributed by atoms with Crippen LogP contribution in [0.25, 0.3) is 0 Å². The number of aliphatic hydroxyl groups is 1. The molecule has 5 nitrogen and oxygen atoms in total. The molecule has 0 aliphatic heterocycles. The zero-order chi connectivity index (χ0) is 9.97. The lowest BCUT2D eigenvalue weighted by Crippen LogP contribution is -2.05. The smallest absolute Gasteiger partial charge is 0.111 e. The van der Waals surface area contributed by atoms with Gasteiger partial charge in [0.05, 0.1) is 12.3 Å². The van der Waals surface area contributed by atoms with Crippen LogP contribution in [0, 0.1) is 0 Å². The van der Waals surface area contributed by atoms with E-state index in [9.17, 15) is 5.11 Å². The van der Waals surface area contributed by atoms with Gasteiger partial charge in [0.2, 0.25) is 0 Å². The van der Waals surface area contributed by atoms with Gasteiger partial charge in [-0.3, -0.25) is 5.10 Å². The first-order valence-corrected chi connectivity index (χ1v) is 4.40. The highest BCUT2D eigenvalue weighted by molar-refractivity contribution is 5.09. The van der Waals surface area contributed by atoms with E-state index in [2.05, 4.69) is 15.2 Å². The fraction of sp³-hybridized carbons (Fsp3) is 0.333. The molecule has 1 unspecified atom stereocenters. The van der Waals surface area contributed by atoms with Crippen molar-refractivity contribution in [1.29, 1.82) is 0 Å². The van der Waals surface area contributed by atoms with E-state index in [0.29, 0.717) is 6.42 Å². The fourth-order valence-electron chi connectivity index (χ4n) is 1.33. The van der Waals surface area contributed by atoms with Gasteiger partial charge in [0.25, 0.3) is 0 Å². The van der Waals surface area contributed by atoms with E-state index in [1.165, 1.54) is 0 Å². The van der Waals surface area contributed by atoms with Crippen LogP contribution in [-0.4, -0.2) is 24.9 Å². The monoisotopic (exact) mass is 192 g/mol. The van der Waals surface area contributed by atoms with Gasteiger partial charge in [-0.25, -0.2) is 4.98 Å². The quantitative estimate of drug-likeness (QED) is 0.740. The highest BCUT2D eigenvalue weighted by Gasteiger charge is 2.11. The Labute approximate surface area is 81.4 Å². The van der Waals surface area contributed by atoms with Crippen LogP contribution in [-0.2, 0) is 13.5 Å². The highest BCUT2D eigenvalue weighted by atomic mass is 16.3. The van der Waals surface area contributed by atoms with Crippen LogP contribution >= 0.6 is 0 Å². The predicted octanol–water partition coefficient (Wildman–Crippen LogP) is 0.419. The maximum absolute atomic E-state index is 9.79. The molecule has 5 heteroatoms. The second kappa shape index (κ2) is 3.63. The van der Waals surface area contributed by atoms with E-state index in [1.807, 2.05) is 17.8 Å². The van der Waals surface area contributed by atoms with Crippen LogP contribution in [0.2, 0.25) is 0 Å². The lowest BCUT2D eigenvalue weighted by Gasteiger charge is -2.07. The van der Waals surface area contributed by atoms with Gasteiger partial charge in [0.15, 0.2) is 0 Å². The van der Waals surface area contributed by atoms with Crippen LogP contribution in [0.4, 0.5) is 0 Å². The molecular weight excluding hydrogens is 180 g/mol. The lowest BCUT2D eigenvalue weighted by molar-refractivity contribution is 0.175. The minimum atomic E-state index is -0.546. The van der Waals surface area contributed by atoms with Gasteiger partial charge in [-0.05, 0) is 0 Å². The molecule has 74 valence electrons. The Kier molecular flexibility index (Phi) is 2.32. The molecule has 0 saturated heterocycles. The van der Waals surface area contributed by atoms with E-state index in [-0.39, 0.29) is 0 Å². The number of imidazole rings is 1. The number of aryl methyl sites for hydroxylation is 1. The SMILES string of the molecule is Cn1ccnc1CC(O)c1cn[nH]c1. The molecule has 0 bridgehead atoms. The van der Waals surface area contributed by atoms with Gasteiger partial charge >= 0.3 is 0 Å². The Morgan fingerprint density at radius 2 is 2.50 bits per heavy atom. The molecule has 0 fully saturated rings. The molecule has 0 saturated carbocycles. The third-order valence-electron chi connectivity index (χ3n) is 2.20. The molecule has 0 radical (unpaired) electrons. The number of aromatic nitrogens is 4. The number of hydrogen-bond acceptors (Lipinski definition) is 3. The average molecular weight is 192 g/mol. The lowest BCUT2D eigenvalue weighted by atomic mass is 10.1. The zero-order valence-corrected chi connectivity index (χ0v) is 7.88. The van der Waals surface area contributed by atoms with Gasteiger partial charge in [-0.1, -0.05) is 0 Å². The van der Waals surface area contributed by atoms with Gasteiger partial charge < -0.3 is 9.67 Å². The number of nitrogens with one attached hydrogen (secondary N) is 1. The Morgan fingerprint density at radius 3 is 3.07 bits per heavy atom. The molecule has 0 amide bonds. The summed E-state index contributed by atoms with van der Waals surface area (Å²) in [4.78, 5) is 4.14. The van der Waals surface area contributed by atoms with Crippen molar-refractivity contribution >= 4 is 0 Å². The molecule has 2 aromatic rings. The van der Waals surface area contributed by atoms with Crippen molar-refractivity contribution in [1.82, 2.24) is 19.7 Å². The third-order valence-corrected chi connectivity index (χ3v) is 2.20. The van der Waals surface area contributed by atoms with Gasteiger partial charge in [0, 0.05) is 37.6 Å². The molecule has 2 heterocycles. The summed E-state index contributed by atoms with van der Waals surface area (Å²) in [6.45, 7) is 0. The van der Waals surface area contributed by atoms with Crippen LogP contribution in [0.15, 0.2) is 24.8 Å². The third kappa shape index (κ3) is 1.67. The van der Waals surface area contributed by atoms with Crippen molar-refractivity contribution < 1.29 is 5.11 Å². The Balaban J connectivity index is 2.09. The number of aliphatic hydroxyl groups excluding tert-OH is 1. The molecular formula is C9H12N4O. The molecule has 0 aliphatic carbocycles. The van der Waals surface area contributed by atoms with E-state index >= 15 is 0 Å². The average Bonchev–Trinajstić information content (AvgIpc) is 2.77. The Morgan fingerprint density at radius 1 is 1.64 bits per heavy atom. The number of rotatable bonds is 3. The predicted molar refractivity (Wildman–Crippen MR) is 50.5 cm³/mol. The maximum atomic E-state index is 9.79. The minimum Gasteiger partial charge on any atom is -0.388 e. The van der Waals surface area contributed by atoms with Gasteiger partial charge in [-0.2, -0.15) is 5.10 Å². The summed E-state index contributed by atoms with van der Waals surface area (Å²) in [7, 11) is 1.91. The van der Waals surface area contributed by atoms with Crippen molar-refractivity contribution in [3.63, 3.8) is 0 Å². The summed E-state index contributed by atoms with van der Waals surface area (Å²) < 4.78 is 1.89. The van der Waals surface area contributed by atoms with Gasteiger partial charge in [-0.15, -0.1) is 0 Å². The van der Waals surface area contributed by atoms with Crippen molar-refractivity contribution in [2.45, 2.75) is 12.5 Å². The van der Waals surface area contributed by atoms with Crippen molar-refractivity contribution in [3.8, 4) is 0 Å². The molecule has 14 heavy (non-hydrogen) atoms. The van der Waals surface area contributed by atoms with Crippen molar-refractivity contribution in [3.05, 3.63) is 36.2 Å². The summed E-state index contributed by atoms with van der Waals surface area (Å²) >= 11 is 0. The fourth-order valence-corrected chi connectivity index (χ4v) is 1.33. The number of H-pyrrole nitrogens is 1. The first-order chi connectivity index (χ1) is 6.77. The molecule has 0 spiro atoms. The summed E-state index contributed by atoms with van der Waals surface area (Å²) in [5.41, 5.74) is 0.785. The normalized spacial score (nSPS) is 13.0. The Hall–Kier alpha value is -1.62. The summed E-state index contributed by atoms with van der Waals surface area (Å²) in [5, 5.41) is 16.2. The maximum Gasteiger partial charge on any atom is 0.111 e. The Bertz CT molecular complexity index is 393. The van der Waals surface area contributed by atoms with Gasteiger partial charge in [0.1, 0.15) is 5.82 Å². The number of hydrogen-bond donors (Lipinski definition) is 2. The summed E-state index contributed by atoms with van der Waals surface area (Å²) in [6, 6.07) is 0. The first kappa shape index (κ1) is 8.96. The van der Waals surface area contributed by atoms with E-state index in [1.54, 1.807) is 18.6 Å². The second-order valence-corrected chi connectivity index (χ2v) is 3.21. The van der Waals surface area contributed by atoms with Crippen molar-refractivity contribution in [2.24, 2.45) is 7.05 Å². The van der Waals surface area contributed by atoms with Crippen LogP contribution in [0.5, 0.6) is 0 Å². The van der Waals surface area contributed by atoms with Crippen molar-refractivity contribution in [2.75, 3.05) is 0 Å². The highest BCUT2D eigenvalue weighted by Crippen LogP contribution is 2.15. The zero-order valence-electron chi connectivity index (χ0n) is 7.88. The number of nitrogens with zero attached hydrogens (tertiary/aromatic N) is 3.